The third-order valence-electron chi connectivity index (χ3n) is 4.58. The second-order valence-electron chi connectivity index (χ2n) is 7.20. The van der Waals surface area contributed by atoms with E-state index in [1.165, 1.54) is 18.2 Å². The molecule has 0 spiro atoms. The summed E-state index contributed by atoms with van der Waals surface area (Å²) in [5.74, 6) is -3.50. The van der Waals surface area contributed by atoms with Gasteiger partial charge in [-0.25, -0.2) is 19.3 Å². The lowest BCUT2D eigenvalue weighted by atomic mass is 10.1. The summed E-state index contributed by atoms with van der Waals surface area (Å²) in [7, 11) is 0. The van der Waals surface area contributed by atoms with Crippen LogP contribution in [0.25, 0.3) is 11.3 Å². The number of aromatic nitrogens is 4. The summed E-state index contributed by atoms with van der Waals surface area (Å²) in [6, 6.07) is 5.47. The number of benzene rings is 2. The number of para-hydroxylation sites is 1. The number of fused-ring (bicyclic) bond motifs is 1. The molecule has 3 N–H and O–H groups in total. The van der Waals surface area contributed by atoms with Gasteiger partial charge in [-0.2, -0.15) is 39.5 Å². The highest BCUT2D eigenvalue weighted by molar-refractivity contribution is 5.80. The van der Waals surface area contributed by atoms with Crippen molar-refractivity contribution in [3.63, 3.8) is 0 Å². The standard InChI is InChI=1S/C20H10F10N6/c21-11-3-1-2-4-12(11)32-14-13(33-15-16(34-14)36-17(35-15)20(28,29)30)31-10-6-8(18(22,23)24)5-9(7-10)19(25,26)27/h1-7H,(H3,31,32,33,34,35,36). The van der Waals surface area contributed by atoms with E-state index >= 15 is 0 Å². The molecule has 0 aliphatic heterocycles. The Labute approximate surface area is 193 Å². The number of H-pyrrole nitrogens is 1. The van der Waals surface area contributed by atoms with Gasteiger partial charge in [0, 0.05) is 5.69 Å². The second kappa shape index (κ2) is 8.53. The van der Waals surface area contributed by atoms with Gasteiger partial charge in [0.05, 0.1) is 16.8 Å². The minimum absolute atomic E-state index is 0.108. The van der Waals surface area contributed by atoms with Gasteiger partial charge in [0.2, 0.25) is 5.82 Å². The predicted octanol–water partition coefficient (Wildman–Crippen LogP) is 7.04. The van der Waals surface area contributed by atoms with Gasteiger partial charge in [-0.05, 0) is 30.3 Å². The number of imidazole rings is 1. The number of hydrogen-bond acceptors (Lipinski definition) is 5. The van der Waals surface area contributed by atoms with Gasteiger partial charge < -0.3 is 15.6 Å². The minimum Gasteiger partial charge on any atom is -0.337 e. The molecule has 0 amide bonds. The van der Waals surface area contributed by atoms with Crippen LogP contribution in [0.5, 0.6) is 0 Å². The molecule has 2 aromatic carbocycles. The molecule has 2 heterocycles. The lowest BCUT2D eigenvalue weighted by Gasteiger charge is -2.16. The van der Waals surface area contributed by atoms with Crippen LogP contribution in [0.4, 0.5) is 66.9 Å². The Hall–Kier alpha value is -4.11. The van der Waals surface area contributed by atoms with Crippen molar-refractivity contribution >= 4 is 34.3 Å². The van der Waals surface area contributed by atoms with Crippen LogP contribution in [0.3, 0.4) is 0 Å². The Morgan fingerprint density at radius 1 is 0.667 bits per heavy atom. The van der Waals surface area contributed by atoms with Gasteiger partial charge >= 0.3 is 18.5 Å². The molecule has 0 bridgehead atoms. The van der Waals surface area contributed by atoms with E-state index in [0.717, 1.165) is 6.07 Å². The largest absolute Gasteiger partial charge is 0.449 e. The van der Waals surface area contributed by atoms with Gasteiger partial charge in [0.1, 0.15) is 5.82 Å². The normalized spacial score (nSPS) is 12.7. The fraction of sp³-hybridized carbons (Fsp3) is 0.150. The average molecular weight is 524 g/mol. The lowest BCUT2D eigenvalue weighted by molar-refractivity contribution is -0.144. The van der Waals surface area contributed by atoms with E-state index in [4.69, 9.17) is 0 Å². The van der Waals surface area contributed by atoms with Crippen LogP contribution in [0, 0.1) is 5.82 Å². The maximum Gasteiger partial charge on any atom is 0.449 e. The highest BCUT2D eigenvalue weighted by Gasteiger charge is 2.38. The molecule has 0 atom stereocenters. The van der Waals surface area contributed by atoms with Crippen molar-refractivity contribution < 1.29 is 43.9 Å². The topological polar surface area (TPSA) is 78.5 Å². The van der Waals surface area contributed by atoms with E-state index in [-0.39, 0.29) is 11.8 Å². The van der Waals surface area contributed by atoms with Crippen LogP contribution in [0.1, 0.15) is 17.0 Å². The number of alkyl halides is 9. The number of halogens is 10. The molecule has 0 saturated heterocycles. The number of nitrogens with zero attached hydrogens (tertiary/aromatic N) is 3. The van der Waals surface area contributed by atoms with Crippen molar-refractivity contribution in [2.75, 3.05) is 10.6 Å². The van der Waals surface area contributed by atoms with Gasteiger partial charge in [-0.15, -0.1) is 0 Å². The Bertz CT molecular complexity index is 1390. The van der Waals surface area contributed by atoms with Crippen molar-refractivity contribution in [2.45, 2.75) is 18.5 Å². The third-order valence-corrected chi connectivity index (χ3v) is 4.58. The van der Waals surface area contributed by atoms with E-state index in [1.54, 1.807) is 0 Å². The van der Waals surface area contributed by atoms with Crippen LogP contribution in [0.2, 0.25) is 0 Å². The minimum atomic E-state index is -5.16. The van der Waals surface area contributed by atoms with Crippen LogP contribution >= 0.6 is 0 Å². The summed E-state index contributed by atoms with van der Waals surface area (Å²) in [5.41, 5.74) is -5.53. The molecule has 0 unspecified atom stereocenters. The molecule has 4 aromatic rings. The lowest BCUT2D eigenvalue weighted by Crippen LogP contribution is -2.12. The Morgan fingerprint density at radius 2 is 1.25 bits per heavy atom. The maximum absolute atomic E-state index is 14.1. The van der Waals surface area contributed by atoms with Gasteiger partial charge in [0.25, 0.3) is 0 Å². The number of anilines is 4. The molecule has 4 rings (SSSR count). The number of hydrogen-bond donors (Lipinski definition) is 3. The molecule has 0 fully saturated rings. The molecular weight excluding hydrogens is 514 g/mol. The van der Waals surface area contributed by atoms with E-state index in [2.05, 4.69) is 25.6 Å². The highest BCUT2D eigenvalue weighted by Crippen LogP contribution is 2.39. The molecule has 36 heavy (non-hydrogen) atoms. The Kier molecular flexibility index (Phi) is 5.92. The average Bonchev–Trinajstić information content (AvgIpc) is 3.17. The SMILES string of the molecule is Fc1ccccc1Nc1nc2nc(C(F)(F)F)[nH]c2nc1Nc1cc(C(F)(F)F)cc(C(F)(F)F)c1. The molecule has 0 radical (unpaired) electrons. The first-order valence-electron chi connectivity index (χ1n) is 9.54. The Morgan fingerprint density at radius 3 is 1.81 bits per heavy atom. The Balaban J connectivity index is 1.86. The van der Waals surface area contributed by atoms with E-state index in [9.17, 15) is 43.9 Å². The van der Waals surface area contributed by atoms with Crippen molar-refractivity contribution in [3.05, 3.63) is 65.2 Å². The molecular formula is C20H10F10N6. The number of aromatic amines is 1. The van der Waals surface area contributed by atoms with Crippen molar-refractivity contribution in [2.24, 2.45) is 0 Å². The summed E-state index contributed by atoms with van der Waals surface area (Å²) >= 11 is 0. The van der Waals surface area contributed by atoms with Gasteiger partial charge in [-0.1, -0.05) is 12.1 Å². The van der Waals surface area contributed by atoms with Crippen LogP contribution in [0.15, 0.2) is 42.5 Å². The van der Waals surface area contributed by atoms with E-state index in [1.807, 2.05) is 4.98 Å². The van der Waals surface area contributed by atoms with Crippen LogP contribution in [-0.4, -0.2) is 19.9 Å². The van der Waals surface area contributed by atoms with Gasteiger partial charge in [0.15, 0.2) is 22.9 Å². The molecule has 2 aromatic heterocycles. The fourth-order valence-corrected chi connectivity index (χ4v) is 3.00. The summed E-state index contributed by atoms with van der Waals surface area (Å²) in [4.78, 5) is 12.6. The third kappa shape index (κ3) is 5.26. The zero-order chi connectivity index (χ0) is 26.5. The van der Waals surface area contributed by atoms with E-state index in [0.29, 0.717) is 12.1 Å². The second-order valence-corrected chi connectivity index (χ2v) is 7.20. The highest BCUT2D eigenvalue weighted by atomic mass is 19.4. The van der Waals surface area contributed by atoms with Crippen molar-refractivity contribution in [1.82, 2.24) is 19.9 Å². The molecule has 16 heteroatoms. The van der Waals surface area contributed by atoms with Gasteiger partial charge in [-0.3, -0.25) is 0 Å². The zero-order valence-electron chi connectivity index (χ0n) is 17.2. The monoisotopic (exact) mass is 524 g/mol. The van der Waals surface area contributed by atoms with Crippen LogP contribution < -0.4 is 10.6 Å². The summed E-state index contributed by atoms with van der Waals surface area (Å²) in [5, 5.41) is 4.59. The fourth-order valence-electron chi connectivity index (χ4n) is 3.00. The predicted molar refractivity (Wildman–Crippen MR) is 106 cm³/mol. The first kappa shape index (κ1) is 25.0. The molecule has 190 valence electrons. The molecule has 0 aliphatic rings. The first-order chi connectivity index (χ1) is 16.6. The smallest absolute Gasteiger partial charge is 0.337 e. The van der Waals surface area contributed by atoms with E-state index < -0.39 is 69.9 Å². The molecule has 6 nitrogen and oxygen atoms in total. The molecule has 0 saturated carbocycles. The van der Waals surface area contributed by atoms with Crippen molar-refractivity contribution in [1.29, 1.82) is 0 Å². The number of nitrogens with one attached hydrogen (secondary N) is 3. The van der Waals surface area contributed by atoms with Crippen LogP contribution in [-0.2, 0) is 18.5 Å². The molecule has 0 aliphatic carbocycles. The summed E-state index contributed by atoms with van der Waals surface area (Å²) in [6.45, 7) is 0. The summed E-state index contributed by atoms with van der Waals surface area (Å²) < 4.78 is 133. The zero-order valence-corrected chi connectivity index (χ0v) is 17.2. The summed E-state index contributed by atoms with van der Waals surface area (Å²) in [6.07, 6.45) is -15.3. The number of rotatable bonds is 4. The van der Waals surface area contributed by atoms with Crippen molar-refractivity contribution in [3.8, 4) is 0 Å². The quantitative estimate of drug-likeness (QED) is 0.250. The maximum atomic E-state index is 14.1. The first-order valence-corrected chi connectivity index (χ1v) is 9.54.